The zero-order valence-electron chi connectivity index (χ0n) is 20.7. The third-order valence-electron chi connectivity index (χ3n) is 6.12. The fourth-order valence-corrected chi connectivity index (χ4v) is 4.34. The summed E-state index contributed by atoms with van der Waals surface area (Å²) in [5, 5.41) is 11.3. The van der Waals surface area contributed by atoms with Gasteiger partial charge in [-0.25, -0.2) is 0 Å². The molecule has 1 aliphatic heterocycles. The van der Waals surface area contributed by atoms with Crippen LogP contribution >= 0.6 is 0 Å². The van der Waals surface area contributed by atoms with Crippen molar-refractivity contribution in [2.24, 2.45) is 0 Å². The fourth-order valence-electron chi connectivity index (χ4n) is 4.34. The summed E-state index contributed by atoms with van der Waals surface area (Å²) in [6.07, 6.45) is 4.04. The van der Waals surface area contributed by atoms with Crippen molar-refractivity contribution in [2.75, 3.05) is 26.2 Å². The Morgan fingerprint density at radius 2 is 1.94 bits per heavy atom. The molecule has 0 radical (unpaired) electrons. The summed E-state index contributed by atoms with van der Waals surface area (Å²) in [4.78, 5) is 34.3. The number of pyridine rings is 1. The van der Waals surface area contributed by atoms with E-state index in [1.807, 2.05) is 26.8 Å². The standard InChI is InChI=1S/C27H35N3O4/c1-6-29(7-2)14-9-15-30-24(21-10-8-13-28-17-21)23(26(32)27(30)33)25(31)20-11-12-22(19(5)16-20)34-18(3)4/h8,10-13,16-18,24,31H,6-7,9,14-15H2,1-5H3. The molecule has 0 spiro atoms. The zero-order chi connectivity index (χ0) is 24.8. The molecule has 7 heteroatoms. The lowest BCUT2D eigenvalue weighted by molar-refractivity contribution is -0.140. The van der Waals surface area contributed by atoms with Crippen molar-refractivity contribution in [1.29, 1.82) is 0 Å². The molecule has 182 valence electrons. The number of aliphatic hydroxyl groups is 1. The first-order valence-corrected chi connectivity index (χ1v) is 12.0. The number of likely N-dealkylation sites (tertiary alicyclic amines) is 1. The highest BCUT2D eigenvalue weighted by Crippen LogP contribution is 2.39. The molecule has 3 rings (SSSR count). The highest BCUT2D eigenvalue weighted by atomic mass is 16.5. The van der Waals surface area contributed by atoms with E-state index in [0.29, 0.717) is 23.4 Å². The van der Waals surface area contributed by atoms with Crippen molar-refractivity contribution in [3.63, 3.8) is 0 Å². The Morgan fingerprint density at radius 3 is 2.53 bits per heavy atom. The van der Waals surface area contributed by atoms with Crippen molar-refractivity contribution >= 4 is 17.4 Å². The number of ketones is 1. The minimum atomic E-state index is -0.683. The van der Waals surface area contributed by atoms with Crippen LogP contribution in [0, 0.1) is 6.92 Å². The minimum Gasteiger partial charge on any atom is -0.507 e. The van der Waals surface area contributed by atoms with E-state index in [1.54, 1.807) is 41.6 Å². The van der Waals surface area contributed by atoms with Gasteiger partial charge in [-0.1, -0.05) is 19.9 Å². The first kappa shape index (κ1) is 25.4. The summed E-state index contributed by atoms with van der Waals surface area (Å²) < 4.78 is 5.79. The topological polar surface area (TPSA) is 83.0 Å². The number of carbonyl (C=O) groups is 2. The first-order chi connectivity index (χ1) is 16.3. The Balaban J connectivity index is 2.00. The Labute approximate surface area is 202 Å². The molecule has 1 aliphatic rings. The minimum absolute atomic E-state index is 0.0189. The molecule has 0 bridgehead atoms. The van der Waals surface area contributed by atoms with Crippen molar-refractivity contribution in [2.45, 2.75) is 53.2 Å². The maximum absolute atomic E-state index is 13.2. The van der Waals surface area contributed by atoms with Crippen LogP contribution in [0.15, 0.2) is 48.3 Å². The second-order valence-corrected chi connectivity index (χ2v) is 8.81. The normalized spacial score (nSPS) is 17.7. The number of aromatic nitrogens is 1. The van der Waals surface area contributed by atoms with Gasteiger partial charge in [0.15, 0.2) is 0 Å². The molecule has 1 atom stereocenters. The van der Waals surface area contributed by atoms with Gasteiger partial charge in [0.2, 0.25) is 0 Å². The smallest absolute Gasteiger partial charge is 0.295 e. The summed E-state index contributed by atoms with van der Waals surface area (Å²) >= 11 is 0. The third kappa shape index (κ3) is 5.47. The van der Waals surface area contributed by atoms with E-state index in [4.69, 9.17) is 4.74 Å². The molecule has 1 N–H and O–H groups in total. The number of Topliss-reactive ketones (excluding diaryl/α,β-unsaturated/α-hetero) is 1. The summed E-state index contributed by atoms with van der Waals surface area (Å²) in [5.74, 6) is -0.731. The molecule has 0 saturated carbocycles. The van der Waals surface area contributed by atoms with E-state index in [1.165, 1.54) is 0 Å². The number of nitrogens with zero attached hydrogens (tertiary/aromatic N) is 3. The monoisotopic (exact) mass is 465 g/mol. The summed E-state index contributed by atoms with van der Waals surface area (Å²) in [7, 11) is 0. The Bertz CT molecular complexity index is 1050. The number of benzene rings is 1. The third-order valence-corrected chi connectivity index (χ3v) is 6.12. The lowest BCUT2D eigenvalue weighted by Crippen LogP contribution is -2.33. The maximum atomic E-state index is 13.2. The molecule has 2 aromatic rings. The van der Waals surface area contributed by atoms with Crippen molar-refractivity contribution in [3.8, 4) is 5.75 Å². The lowest BCUT2D eigenvalue weighted by atomic mass is 9.95. The number of ether oxygens (including phenoxy) is 1. The largest absolute Gasteiger partial charge is 0.507 e. The number of amides is 1. The molecule has 7 nitrogen and oxygen atoms in total. The van der Waals surface area contributed by atoms with E-state index < -0.39 is 17.7 Å². The molecule has 1 saturated heterocycles. The van der Waals surface area contributed by atoms with Gasteiger partial charge in [0.25, 0.3) is 11.7 Å². The van der Waals surface area contributed by atoms with Crippen LogP contribution in [0.1, 0.15) is 56.8 Å². The predicted molar refractivity (Wildman–Crippen MR) is 133 cm³/mol. The summed E-state index contributed by atoms with van der Waals surface area (Å²) in [6, 6.07) is 8.20. The molecule has 1 fully saturated rings. The van der Waals surface area contributed by atoms with Crippen LogP contribution in [-0.2, 0) is 9.59 Å². The molecule has 0 aliphatic carbocycles. The van der Waals surface area contributed by atoms with E-state index in [0.717, 1.165) is 31.6 Å². The van der Waals surface area contributed by atoms with Crippen molar-refractivity contribution in [3.05, 3.63) is 65.0 Å². The highest BCUT2D eigenvalue weighted by molar-refractivity contribution is 6.46. The Hall–Kier alpha value is -3.19. The second-order valence-electron chi connectivity index (χ2n) is 8.81. The Kier molecular flexibility index (Phi) is 8.45. The Morgan fingerprint density at radius 1 is 1.21 bits per heavy atom. The van der Waals surface area contributed by atoms with Gasteiger partial charge in [-0.2, -0.15) is 0 Å². The van der Waals surface area contributed by atoms with Crippen LogP contribution in [0.2, 0.25) is 0 Å². The van der Waals surface area contributed by atoms with Crippen LogP contribution in [0.5, 0.6) is 5.75 Å². The summed E-state index contributed by atoms with van der Waals surface area (Å²) in [5.41, 5.74) is 2.10. The number of aliphatic hydroxyl groups excluding tert-OH is 1. The molecule has 1 unspecified atom stereocenters. The van der Waals surface area contributed by atoms with Gasteiger partial charge in [-0.3, -0.25) is 14.6 Å². The molecule has 1 aromatic heterocycles. The number of rotatable bonds is 10. The lowest BCUT2D eigenvalue weighted by Gasteiger charge is -2.26. The van der Waals surface area contributed by atoms with Crippen molar-refractivity contribution < 1.29 is 19.4 Å². The number of hydrogen-bond donors (Lipinski definition) is 1. The van der Waals surface area contributed by atoms with Gasteiger partial charge in [-0.05, 0) is 82.2 Å². The molecular formula is C27H35N3O4. The van der Waals surface area contributed by atoms with Gasteiger partial charge in [0.1, 0.15) is 11.5 Å². The zero-order valence-corrected chi connectivity index (χ0v) is 20.7. The number of hydrogen-bond acceptors (Lipinski definition) is 6. The van der Waals surface area contributed by atoms with E-state index >= 15 is 0 Å². The van der Waals surface area contributed by atoms with Crippen LogP contribution in [0.25, 0.3) is 5.76 Å². The van der Waals surface area contributed by atoms with Crippen molar-refractivity contribution in [1.82, 2.24) is 14.8 Å². The van der Waals surface area contributed by atoms with E-state index in [2.05, 4.69) is 23.7 Å². The maximum Gasteiger partial charge on any atom is 0.295 e. The van der Waals surface area contributed by atoms with Gasteiger partial charge >= 0.3 is 0 Å². The van der Waals surface area contributed by atoms with Crippen LogP contribution in [-0.4, -0.2) is 63.9 Å². The number of aryl methyl sites for hydroxylation is 1. The van der Waals surface area contributed by atoms with Gasteiger partial charge in [-0.15, -0.1) is 0 Å². The predicted octanol–water partition coefficient (Wildman–Crippen LogP) is 4.33. The average Bonchev–Trinajstić information content (AvgIpc) is 3.08. The van der Waals surface area contributed by atoms with E-state index in [9.17, 15) is 14.7 Å². The molecule has 34 heavy (non-hydrogen) atoms. The average molecular weight is 466 g/mol. The van der Waals surface area contributed by atoms with Crippen LogP contribution in [0.3, 0.4) is 0 Å². The molecule has 2 heterocycles. The molecule has 1 aromatic carbocycles. The van der Waals surface area contributed by atoms with Gasteiger partial charge in [0.05, 0.1) is 17.7 Å². The highest BCUT2D eigenvalue weighted by Gasteiger charge is 2.45. The number of carbonyl (C=O) groups excluding carboxylic acids is 2. The second kappa shape index (κ2) is 11.3. The quantitative estimate of drug-likeness (QED) is 0.319. The SMILES string of the molecule is CCN(CC)CCCN1C(=O)C(=O)C(=C(O)c2ccc(OC(C)C)c(C)c2)C1c1cccnc1. The van der Waals surface area contributed by atoms with E-state index in [-0.39, 0.29) is 17.4 Å². The molecular weight excluding hydrogens is 430 g/mol. The van der Waals surface area contributed by atoms with Crippen LogP contribution < -0.4 is 4.74 Å². The summed E-state index contributed by atoms with van der Waals surface area (Å²) in [6.45, 7) is 13.1. The van der Waals surface area contributed by atoms with Gasteiger partial charge in [0, 0.05) is 24.5 Å². The first-order valence-electron chi connectivity index (χ1n) is 12.0. The fraction of sp³-hybridized carbons (Fsp3) is 0.444. The molecule has 1 amide bonds. The van der Waals surface area contributed by atoms with Gasteiger partial charge < -0.3 is 19.6 Å². The van der Waals surface area contributed by atoms with Crippen LogP contribution in [0.4, 0.5) is 0 Å².